The normalized spacial score (nSPS) is 16.3. The summed E-state index contributed by atoms with van der Waals surface area (Å²) in [7, 11) is 0. The quantitative estimate of drug-likeness (QED) is 0.468. The summed E-state index contributed by atoms with van der Waals surface area (Å²) in [4.78, 5) is 20.5. The predicted octanol–water partition coefficient (Wildman–Crippen LogP) is 1.66. The van der Waals surface area contributed by atoms with Crippen LogP contribution in [-0.4, -0.2) is 46.3 Å². The van der Waals surface area contributed by atoms with Crippen molar-refractivity contribution in [1.82, 2.24) is 9.88 Å². The summed E-state index contributed by atoms with van der Waals surface area (Å²) in [6, 6.07) is 3.83. The minimum Gasteiger partial charge on any atom is -0.350 e. The van der Waals surface area contributed by atoms with Gasteiger partial charge in [0.15, 0.2) is 5.84 Å². The minimum atomic E-state index is -0.340. The van der Waals surface area contributed by atoms with Crippen molar-refractivity contribution in [3.63, 3.8) is 0 Å². The third-order valence-corrected chi connectivity index (χ3v) is 3.31. The van der Waals surface area contributed by atoms with Crippen molar-refractivity contribution in [3.05, 3.63) is 39.2 Å². The van der Waals surface area contributed by atoms with Gasteiger partial charge in [-0.2, -0.15) is 0 Å². The SMILES string of the molecule is CC(Cc1ccc(Cl)nc1)N1CCN=C1C[N+](=O)[O-]. The predicted molar refractivity (Wildman–Crippen MR) is 73.3 cm³/mol. The smallest absolute Gasteiger partial charge is 0.260 e. The Balaban J connectivity index is 1.99. The summed E-state index contributed by atoms with van der Waals surface area (Å²) >= 11 is 5.74. The highest BCUT2D eigenvalue weighted by atomic mass is 35.5. The molecule has 1 aliphatic heterocycles. The zero-order valence-corrected chi connectivity index (χ0v) is 11.4. The highest BCUT2D eigenvalue weighted by Crippen LogP contribution is 2.14. The molecule has 1 atom stereocenters. The monoisotopic (exact) mass is 282 g/mol. The summed E-state index contributed by atoms with van der Waals surface area (Å²) in [6.45, 7) is 3.20. The molecule has 1 aromatic heterocycles. The maximum absolute atomic E-state index is 10.6. The van der Waals surface area contributed by atoms with E-state index in [-0.39, 0.29) is 17.5 Å². The van der Waals surface area contributed by atoms with Crippen molar-refractivity contribution in [3.8, 4) is 0 Å². The van der Waals surface area contributed by atoms with E-state index < -0.39 is 0 Å². The van der Waals surface area contributed by atoms with Crippen LogP contribution in [0.4, 0.5) is 0 Å². The van der Waals surface area contributed by atoms with Gasteiger partial charge in [0.2, 0.25) is 0 Å². The second kappa shape index (κ2) is 5.97. The highest BCUT2D eigenvalue weighted by Gasteiger charge is 2.25. The van der Waals surface area contributed by atoms with E-state index in [4.69, 9.17) is 11.6 Å². The second-order valence-corrected chi connectivity index (χ2v) is 4.91. The molecular formula is C12H15ClN4O2. The topological polar surface area (TPSA) is 71.6 Å². The van der Waals surface area contributed by atoms with Crippen LogP contribution in [0.3, 0.4) is 0 Å². The van der Waals surface area contributed by atoms with Crippen LogP contribution >= 0.6 is 11.6 Å². The van der Waals surface area contributed by atoms with Gasteiger partial charge in [0.1, 0.15) is 5.15 Å². The molecule has 0 saturated heterocycles. The lowest BCUT2D eigenvalue weighted by molar-refractivity contribution is -0.464. The number of pyridine rings is 1. The summed E-state index contributed by atoms with van der Waals surface area (Å²) in [5.41, 5.74) is 1.06. The molecule has 19 heavy (non-hydrogen) atoms. The Labute approximate surface area is 116 Å². The molecule has 6 nitrogen and oxygen atoms in total. The number of nitrogens with zero attached hydrogens (tertiary/aromatic N) is 4. The summed E-state index contributed by atoms with van der Waals surface area (Å²) < 4.78 is 0. The molecule has 0 fully saturated rings. The number of hydrogen-bond donors (Lipinski definition) is 0. The van der Waals surface area contributed by atoms with E-state index in [1.54, 1.807) is 12.3 Å². The van der Waals surface area contributed by atoms with E-state index in [9.17, 15) is 10.1 Å². The maximum atomic E-state index is 10.6. The Morgan fingerprint density at radius 3 is 3.00 bits per heavy atom. The molecule has 1 aliphatic rings. The number of nitro groups is 1. The Morgan fingerprint density at radius 2 is 2.37 bits per heavy atom. The van der Waals surface area contributed by atoms with Crippen molar-refractivity contribution < 1.29 is 4.92 Å². The lowest BCUT2D eigenvalue weighted by Crippen LogP contribution is -2.40. The fraction of sp³-hybridized carbons (Fsp3) is 0.500. The van der Waals surface area contributed by atoms with Crippen LogP contribution in [-0.2, 0) is 6.42 Å². The van der Waals surface area contributed by atoms with Crippen LogP contribution in [0.2, 0.25) is 5.15 Å². The van der Waals surface area contributed by atoms with Gasteiger partial charge in [-0.1, -0.05) is 17.7 Å². The number of rotatable bonds is 5. The van der Waals surface area contributed by atoms with Gasteiger partial charge in [-0.25, -0.2) is 4.98 Å². The van der Waals surface area contributed by atoms with Crippen LogP contribution < -0.4 is 0 Å². The molecule has 0 radical (unpaired) electrons. The van der Waals surface area contributed by atoms with Gasteiger partial charge in [0, 0.05) is 23.7 Å². The zero-order chi connectivity index (χ0) is 13.8. The lowest BCUT2D eigenvalue weighted by atomic mass is 10.1. The van der Waals surface area contributed by atoms with Crippen molar-refractivity contribution in [2.24, 2.45) is 4.99 Å². The molecular weight excluding hydrogens is 268 g/mol. The average molecular weight is 283 g/mol. The fourth-order valence-corrected chi connectivity index (χ4v) is 2.33. The molecule has 0 bridgehead atoms. The summed E-state index contributed by atoms with van der Waals surface area (Å²) in [5, 5.41) is 11.1. The first-order valence-electron chi connectivity index (χ1n) is 6.08. The van der Waals surface area contributed by atoms with Crippen LogP contribution in [0.1, 0.15) is 12.5 Å². The van der Waals surface area contributed by atoms with E-state index in [1.807, 2.05) is 17.9 Å². The largest absolute Gasteiger partial charge is 0.350 e. The van der Waals surface area contributed by atoms with Crippen molar-refractivity contribution in [2.45, 2.75) is 19.4 Å². The van der Waals surface area contributed by atoms with Gasteiger partial charge in [-0.3, -0.25) is 15.1 Å². The fourth-order valence-electron chi connectivity index (χ4n) is 2.22. The molecule has 0 saturated carbocycles. The molecule has 102 valence electrons. The first kappa shape index (κ1) is 13.7. The minimum absolute atomic E-state index is 0.157. The molecule has 0 amide bonds. The van der Waals surface area contributed by atoms with Gasteiger partial charge < -0.3 is 4.90 Å². The Bertz CT molecular complexity index is 489. The first-order chi connectivity index (χ1) is 9.06. The number of aliphatic imine (C=N–C) groups is 1. The number of hydrogen-bond acceptors (Lipinski definition) is 5. The van der Waals surface area contributed by atoms with Crippen molar-refractivity contribution >= 4 is 17.4 Å². The van der Waals surface area contributed by atoms with Crippen molar-refractivity contribution in [1.29, 1.82) is 0 Å². The van der Waals surface area contributed by atoms with Crippen LogP contribution in [0, 0.1) is 10.1 Å². The number of halogens is 1. The molecule has 1 unspecified atom stereocenters. The molecule has 0 N–H and O–H groups in total. The zero-order valence-electron chi connectivity index (χ0n) is 10.6. The average Bonchev–Trinajstić information content (AvgIpc) is 2.79. The Hall–Kier alpha value is -1.69. The van der Waals surface area contributed by atoms with Crippen LogP contribution in [0.25, 0.3) is 0 Å². The highest BCUT2D eigenvalue weighted by molar-refractivity contribution is 6.29. The van der Waals surface area contributed by atoms with Gasteiger partial charge in [-0.15, -0.1) is 0 Å². The molecule has 2 rings (SSSR count). The molecule has 2 heterocycles. The van der Waals surface area contributed by atoms with E-state index in [0.29, 0.717) is 17.5 Å². The lowest BCUT2D eigenvalue weighted by Gasteiger charge is -2.26. The second-order valence-electron chi connectivity index (χ2n) is 4.52. The first-order valence-corrected chi connectivity index (χ1v) is 6.46. The van der Waals surface area contributed by atoms with Gasteiger partial charge in [-0.05, 0) is 25.0 Å². The standard InChI is InChI=1S/C12H15ClN4O2/c1-9(6-10-2-3-11(13)15-7-10)16-5-4-14-12(16)8-17(18)19/h2-3,7,9H,4-6,8H2,1H3. The van der Waals surface area contributed by atoms with E-state index in [2.05, 4.69) is 9.98 Å². The Kier molecular flexibility index (Phi) is 4.31. The van der Waals surface area contributed by atoms with Gasteiger partial charge in [0.25, 0.3) is 6.54 Å². The summed E-state index contributed by atoms with van der Waals surface area (Å²) in [6.07, 6.45) is 2.50. The van der Waals surface area contributed by atoms with E-state index in [1.165, 1.54) is 0 Å². The molecule has 0 aliphatic carbocycles. The number of aromatic nitrogens is 1. The molecule has 0 aromatic carbocycles. The van der Waals surface area contributed by atoms with E-state index >= 15 is 0 Å². The van der Waals surface area contributed by atoms with Gasteiger partial charge >= 0.3 is 0 Å². The summed E-state index contributed by atoms with van der Waals surface area (Å²) in [5.74, 6) is 0.569. The maximum Gasteiger partial charge on any atom is 0.260 e. The Morgan fingerprint density at radius 1 is 1.58 bits per heavy atom. The number of amidine groups is 1. The molecule has 7 heteroatoms. The third kappa shape index (κ3) is 3.64. The van der Waals surface area contributed by atoms with Crippen LogP contribution in [0.15, 0.2) is 23.3 Å². The third-order valence-electron chi connectivity index (χ3n) is 3.09. The van der Waals surface area contributed by atoms with Crippen LogP contribution in [0.5, 0.6) is 0 Å². The van der Waals surface area contributed by atoms with Gasteiger partial charge in [0.05, 0.1) is 6.54 Å². The molecule has 0 spiro atoms. The molecule has 1 aromatic rings. The van der Waals surface area contributed by atoms with Crippen molar-refractivity contribution in [2.75, 3.05) is 19.6 Å². The van der Waals surface area contributed by atoms with E-state index in [0.717, 1.165) is 18.5 Å².